The minimum Gasteiger partial charge on any atom is -0.393 e. The van der Waals surface area contributed by atoms with Crippen LogP contribution in [0.5, 0.6) is 0 Å². The van der Waals surface area contributed by atoms with Gasteiger partial charge >= 0.3 is 12.4 Å². The molecule has 0 aromatic heterocycles. The van der Waals surface area contributed by atoms with Crippen molar-refractivity contribution in [3.05, 3.63) is 143 Å². The standard InChI is InChI=1S/C35H33F6NO3/c36-34(37,38)29-16-27(17-30(18-29)35(39,40)41)31(22-43)45-33-32(26-14-8-3-9-15-26)28(23-44-33)21-42(19-24-10-4-1-5-11-24)20-25-12-6-2-7-13-25/h1-18,28,31-33,43H,19-23H2/t28-,31+,32+,33+/m0/s1. The van der Waals surface area contributed by atoms with E-state index < -0.39 is 54.0 Å². The predicted molar refractivity (Wildman–Crippen MR) is 157 cm³/mol. The summed E-state index contributed by atoms with van der Waals surface area (Å²) in [6.45, 7) is 1.23. The van der Waals surface area contributed by atoms with E-state index in [-0.39, 0.29) is 18.6 Å². The van der Waals surface area contributed by atoms with Crippen LogP contribution >= 0.6 is 0 Å². The average molecular weight is 630 g/mol. The monoisotopic (exact) mass is 629 g/mol. The molecule has 0 saturated carbocycles. The molecule has 10 heteroatoms. The number of aliphatic hydroxyl groups excluding tert-OH is 1. The molecule has 0 amide bonds. The maximum absolute atomic E-state index is 13.6. The highest BCUT2D eigenvalue weighted by Crippen LogP contribution is 2.42. The molecule has 0 aliphatic carbocycles. The summed E-state index contributed by atoms with van der Waals surface area (Å²) in [5, 5.41) is 10.2. The molecule has 5 rings (SSSR count). The molecule has 4 atom stereocenters. The Morgan fingerprint density at radius 3 is 1.69 bits per heavy atom. The molecule has 4 nitrogen and oxygen atoms in total. The number of nitrogens with zero attached hydrogens (tertiary/aromatic N) is 1. The molecule has 1 heterocycles. The van der Waals surface area contributed by atoms with E-state index in [2.05, 4.69) is 4.90 Å². The smallest absolute Gasteiger partial charge is 0.393 e. The Morgan fingerprint density at radius 2 is 1.22 bits per heavy atom. The fraction of sp³-hybridized carbons (Fsp3) is 0.314. The molecule has 1 N–H and O–H groups in total. The molecule has 4 aromatic carbocycles. The van der Waals surface area contributed by atoms with Crippen molar-refractivity contribution >= 4 is 0 Å². The van der Waals surface area contributed by atoms with Crippen molar-refractivity contribution in [3.63, 3.8) is 0 Å². The van der Waals surface area contributed by atoms with Crippen molar-refractivity contribution in [2.75, 3.05) is 19.8 Å². The normalized spacial score (nSPS) is 19.6. The van der Waals surface area contributed by atoms with Crippen LogP contribution < -0.4 is 0 Å². The molecule has 1 fully saturated rings. The number of aliphatic hydroxyl groups is 1. The zero-order chi connectivity index (χ0) is 32.0. The molecule has 238 valence electrons. The molecule has 0 radical (unpaired) electrons. The van der Waals surface area contributed by atoms with Crippen LogP contribution in [0.4, 0.5) is 26.3 Å². The lowest BCUT2D eigenvalue weighted by Gasteiger charge is -2.31. The van der Waals surface area contributed by atoms with Crippen molar-refractivity contribution < 1.29 is 40.9 Å². The predicted octanol–water partition coefficient (Wildman–Crippen LogP) is 8.23. The molecule has 4 aromatic rings. The van der Waals surface area contributed by atoms with Crippen molar-refractivity contribution in [2.24, 2.45) is 5.92 Å². The maximum atomic E-state index is 13.6. The van der Waals surface area contributed by atoms with Crippen molar-refractivity contribution in [2.45, 2.75) is 43.8 Å². The van der Waals surface area contributed by atoms with E-state index >= 15 is 0 Å². The second-order valence-electron chi connectivity index (χ2n) is 11.2. The van der Waals surface area contributed by atoms with Crippen molar-refractivity contribution in [1.29, 1.82) is 0 Å². The molecular formula is C35H33F6NO3. The SMILES string of the molecule is OC[C@@H](O[C@H]1OC[C@H](CN(Cc2ccccc2)Cc2ccccc2)[C@H]1c1ccccc1)c1cc(C(F)(F)F)cc(C(F)(F)F)c1. The molecule has 1 aliphatic heterocycles. The van der Waals surface area contributed by atoms with Crippen LogP contribution in [0, 0.1) is 5.92 Å². The maximum Gasteiger partial charge on any atom is 0.416 e. The summed E-state index contributed by atoms with van der Waals surface area (Å²) in [4.78, 5) is 2.28. The topological polar surface area (TPSA) is 41.9 Å². The van der Waals surface area contributed by atoms with E-state index in [4.69, 9.17) is 9.47 Å². The van der Waals surface area contributed by atoms with Crippen LogP contribution in [-0.2, 0) is 34.9 Å². The molecule has 1 saturated heterocycles. The van der Waals surface area contributed by atoms with Gasteiger partial charge in [0.25, 0.3) is 0 Å². The summed E-state index contributed by atoms with van der Waals surface area (Å²) in [7, 11) is 0. The van der Waals surface area contributed by atoms with Crippen LogP contribution in [0.1, 0.15) is 45.4 Å². The van der Waals surface area contributed by atoms with Crippen LogP contribution in [0.15, 0.2) is 109 Å². The summed E-state index contributed by atoms with van der Waals surface area (Å²) >= 11 is 0. The van der Waals surface area contributed by atoms with Gasteiger partial charge in [-0.3, -0.25) is 4.90 Å². The number of hydrogen-bond acceptors (Lipinski definition) is 4. The minimum absolute atomic E-state index is 0.0564. The number of hydrogen-bond donors (Lipinski definition) is 1. The van der Waals surface area contributed by atoms with Crippen molar-refractivity contribution in [1.82, 2.24) is 4.90 Å². The van der Waals surface area contributed by atoms with Gasteiger partial charge in [-0.25, -0.2) is 0 Å². The molecule has 1 aliphatic rings. The van der Waals surface area contributed by atoms with Gasteiger partial charge in [0.2, 0.25) is 0 Å². The van der Waals surface area contributed by atoms with Gasteiger partial charge in [-0.1, -0.05) is 91.0 Å². The summed E-state index contributed by atoms with van der Waals surface area (Å²) in [6.07, 6.45) is -12.6. The van der Waals surface area contributed by atoms with E-state index in [0.29, 0.717) is 31.8 Å². The Labute approximate surface area is 257 Å². The lowest BCUT2D eigenvalue weighted by Crippen LogP contribution is -2.33. The Hall–Kier alpha value is -3.70. The van der Waals surface area contributed by atoms with Crippen LogP contribution in [0.3, 0.4) is 0 Å². The Kier molecular flexibility index (Phi) is 10.3. The van der Waals surface area contributed by atoms with Gasteiger partial charge in [0, 0.05) is 31.5 Å². The Balaban J connectivity index is 1.44. The van der Waals surface area contributed by atoms with E-state index in [1.165, 1.54) is 0 Å². The molecule has 0 bridgehead atoms. The van der Waals surface area contributed by atoms with E-state index in [9.17, 15) is 31.4 Å². The van der Waals surface area contributed by atoms with Gasteiger partial charge in [-0.2, -0.15) is 26.3 Å². The van der Waals surface area contributed by atoms with Gasteiger partial charge in [-0.05, 0) is 40.5 Å². The molecule has 45 heavy (non-hydrogen) atoms. The summed E-state index contributed by atoms with van der Waals surface area (Å²) in [6, 6.07) is 30.5. The number of ether oxygens (including phenoxy) is 2. The fourth-order valence-electron chi connectivity index (χ4n) is 5.80. The second kappa shape index (κ2) is 14.2. The van der Waals surface area contributed by atoms with Gasteiger partial charge in [0.15, 0.2) is 6.29 Å². The van der Waals surface area contributed by atoms with Crippen molar-refractivity contribution in [3.8, 4) is 0 Å². The number of halogens is 6. The van der Waals surface area contributed by atoms with Gasteiger partial charge in [-0.15, -0.1) is 0 Å². The Morgan fingerprint density at radius 1 is 0.733 bits per heavy atom. The summed E-state index contributed by atoms with van der Waals surface area (Å²) in [5.41, 5.74) is -0.314. The van der Waals surface area contributed by atoms with Gasteiger partial charge in [0.1, 0.15) is 6.10 Å². The minimum atomic E-state index is -5.03. The third-order valence-electron chi connectivity index (χ3n) is 7.90. The highest BCUT2D eigenvalue weighted by molar-refractivity contribution is 5.35. The van der Waals surface area contributed by atoms with Crippen LogP contribution in [-0.4, -0.2) is 36.1 Å². The first kappa shape index (κ1) is 32.7. The quantitative estimate of drug-likeness (QED) is 0.170. The van der Waals surface area contributed by atoms with E-state index in [1.807, 2.05) is 91.0 Å². The first-order chi connectivity index (χ1) is 21.5. The lowest BCUT2D eigenvalue weighted by molar-refractivity contribution is -0.163. The zero-order valence-corrected chi connectivity index (χ0v) is 24.2. The van der Waals surface area contributed by atoms with Crippen LogP contribution in [0.25, 0.3) is 0 Å². The molecule has 0 spiro atoms. The third-order valence-corrected chi connectivity index (χ3v) is 7.90. The zero-order valence-electron chi connectivity index (χ0n) is 24.2. The Bertz CT molecular complexity index is 1430. The summed E-state index contributed by atoms with van der Waals surface area (Å²) < 4.78 is 93.6. The van der Waals surface area contributed by atoms with E-state index in [0.717, 1.165) is 16.7 Å². The number of alkyl halides is 6. The number of rotatable bonds is 11. The highest BCUT2D eigenvalue weighted by atomic mass is 19.4. The largest absolute Gasteiger partial charge is 0.416 e. The number of benzene rings is 4. The van der Waals surface area contributed by atoms with Gasteiger partial charge < -0.3 is 14.6 Å². The first-order valence-corrected chi connectivity index (χ1v) is 14.5. The second-order valence-corrected chi connectivity index (χ2v) is 11.2. The lowest BCUT2D eigenvalue weighted by atomic mass is 9.87. The van der Waals surface area contributed by atoms with E-state index in [1.54, 1.807) is 0 Å². The fourth-order valence-corrected chi connectivity index (χ4v) is 5.80. The van der Waals surface area contributed by atoms with Crippen LogP contribution in [0.2, 0.25) is 0 Å². The highest BCUT2D eigenvalue weighted by Gasteiger charge is 2.42. The van der Waals surface area contributed by atoms with Gasteiger partial charge in [0.05, 0.1) is 24.3 Å². The molecule has 0 unspecified atom stereocenters. The molecular weight excluding hydrogens is 596 g/mol. The average Bonchev–Trinajstić information content (AvgIpc) is 3.41. The third kappa shape index (κ3) is 8.52. The summed E-state index contributed by atoms with van der Waals surface area (Å²) in [5.74, 6) is -0.557. The first-order valence-electron chi connectivity index (χ1n) is 14.5.